The third-order valence-electron chi connectivity index (χ3n) is 4.59. The van der Waals surface area contributed by atoms with Crippen LogP contribution in [0.1, 0.15) is 57.8 Å². The van der Waals surface area contributed by atoms with Gasteiger partial charge in [-0.25, -0.2) is 0 Å². The number of aliphatic hydroxyl groups excluding tert-OH is 1. The highest BCUT2D eigenvalue weighted by Crippen LogP contribution is 2.28. The molecule has 3 atom stereocenters. The Morgan fingerprint density at radius 1 is 1.00 bits per heavy atom. The average Bonchev–Trinajstić information content (AvgIpc) is 2.55. The van der Waals surface area contributed by atoms with E-state index in [0.29, 0.717) is 24.7 Å². The lowest BCUT2D eigenvalue weighted by Gasteiger charge is -2.43. The van der Waals surface area contributed by atoms with Gasteiger partial charge in [-0.1, -0.05) is 25.7 Å². The minimum absolute atomic E-state index is 0.323. The first kappa shape index (κ1) is 13.3. The van der Waals surface area contributed by atoms with Gasteiger partial charge in [0.15, 0.2) is 0 Å². The largest absolute Gasteiger partial charge is 0.396 e. The van der Waals surface area contributed by atoms with E-state index in [4.69, 9.17) is 5.73 Å². The topological polar surface area (TPSA) is 49.5 Å². The lowest BCUT2D eigenvalue weighted by atomic mass is 9.93. The molecule has 0 amide bonds. The van der Waals surface area contributed by atoms with Crippen molar-refractivity contribution >= 4 is 0 Å². The van der Waals surface area contributed by atoms with Crippen LogP contribution < -0.4 is 5.73 Å². The summed E-state index contributed by atoms with van der Waals surface area (Å²) >= 11 is 0. The Balaban J connectivity index is 2.00. The summed E-state index contributed by atoms with van der Waals surface area (Å²) in [6, 6.07) is 1.52. The lowest BCUT2D eigenvalue weighted by molar-refractivity contribution is 0.0599. The Labute approximate surface area is 105 Å². The van der Waals surface area contributed by atoms with Crippen molar-refractivity contribution in [2.45, 2.75) is 75.9 Å². The Bertz CT molecular complexity index is 220. The van der Waals surface area contributed by atoms with E-state index in [1.54, 1.807) is 0 Å². The minimum atomic E-state index is 0.323. The molecule has 0 aromatic heterocycles. The zero-order chi connectivity index (χ0) is 12.1. The molecule has 1 saturated heterocycles. The number of hydrogen-bond donors (Lipinski definition) is 2. The van der Waals surface area contributed by atoms with Gasteiger partial charge in [-0.3, -0.25) is 4.90 Å². The Morgan fingerprint density at radius 3 is 2.59 bits per heavy atom. The highest BCUT2D eigenvalue weighted by Gasteiger charge is 2.32. The van der Waals surface area contributed by atoms with E-state index in [1.807, 2.05) is 0 Å². The molecule has 0 aromatic carbocycles. The van der Waals surface area contributed by atoms with Crippen LogP contribution in [0.15, 0.2) is 0 Å². The molecule has 100 valence electrons. The number of piperidine rings is 1. The van der Waals surface area contributed by atoms with Gasteiger partial charge in [-0.15, -0.1) is 0 Å². The van der Waals surface area contributed by atoms with Crippen molar-refractivity contribution in [2.24, 2.45) is 5.73 Å². The van der Waals surface area contributed by atoms with Gasteiger partial charge in [-0.05, 0) is 38.6 Å². The second-order valence-corrected chi connectivity index (χ2v) is 5.77. The molecule has 1 aliphatic carbocycles. The number of nitrogens with two attached hydrogens (primary N) is 1. The molecule has 0 spiro atoms. The van der Waals surface area contributed by atoms with Gasteiger partial charge in [0.2, 0.25) is 0 Å². The van der Waals surface area contributed by atoms with Gasteiger partial charge >= 0.3 is 0 Å². The molecular weight excluding hydrogens is 212 g/mol. The van der Waals surface area contributed by atoms with E-state index in [2.05, 4.69) is 4.90 Å². The fourth-order valence-electron chi connectivity index (χ4n) is 3.65. The first-order valence-electron chi connectivity index (χ1n) is 7.45. The van der Waals surface area contributed by atoms with E-state index >= 15 is 0 Å². The van der Waals surface area contributed by atoms with Crippen LogP contribution in [0.2, 0.25) is 0 Å². The smallest absolute Gasteiger partial charge is 0.0445 e. The molecule has 3 heteroatoms. The molecule has 1 heterocycles. The van der Waals surface area contributed by atoms with Crippen LogP contribution in [-0.4, -0.2) is 41.3 Å². The SMILES string of the molecule is NC1CCCCCC1N1CCCCC1CCO. The molecule has 17 heavy (non-hydrogen) atoms. The van der Waals surface area contributed by atoms with Crippen LogP contribution in [0.25, 0.3) is 0 Å². The summed E-state index contributed by atoms with van der Waals surface area (Å²) < 4.78 is 0. The number of aliphatic hydroxyl groups is 1. The first-order valence-corrected chi connectivity index (χ1v) is 7.45. The summed E-state index contributed by atoms with van der Waals surface area (Å²) in [4.78, 5) is 2.63. The predicted molar refractivity (Wildman–Crippen MR) is 70.9 cm³/mol. The Hall–Kier alpha value is -0.120. The maximum absolute atomic E-state index is 9.20. The van der Waals surface area contributed by atoms with Crippen LogP contribution in [0.5, 0.6) is 0 Å². The number of rotatable bonds is 3. The van der Waals surface area contributed by atoms with E-state index in [1.165, 1.54) is 57.9 Å². The third kappa shape index (κ3) is 3.43. The minimum Gasteiger partial charge on any atom is -0.396 e. The molecule has 2 fully saturated rings. The highest BCUT2D eigenvalue weighted by atomic mass is 16.3. The lowest BCUT2D eigenvalue weighted by Crippen LogP contribution is -2.53. The fourth-order valence-corrected chi connectivity index (χ4v) is 3.65. The van der Waals surface area contributed by atoms with Crippen molar-refractivity contribution in [3.63, 3.8) is 0 Å². The summed E-state index contributed by atoms with van der Waals surface area (Å²) in [7, 11) is 0. The second-order valence-electron chi connectivity index (χ2n) is 5.77. The molecule has 0 bridgehead atoms. The number of hydrogen-bond acceptors (Lipinski definition) is 3. The summed E-state index contributed by atoms with van der Waals surface area (Å²) in [5.74, 6) is 0. The summed E-state index contributed by atoms with van der Waals surface area (Å²) in [6.45, 7) is 1.52. The normalized spacial score (nSPS) is 36.7. The monoisotopic (exact) mass is 240 g/mol. The number of likely N-dealkylation sites (tertiary alicyclic amines) is 1. The van der Waals surface area contributed by atoms with E-state index in [9.17, 15) is 5.11 Å². The van der Waals surface area contributed by atoms with Gasteiger partial charge in [0.25, 0.3) is 0 Å². The maximum atomic E-state index is 9.20. The second kappa shape index (κ2) is 6.72. The van der Waals surface area contributed by atoms with Gasteiger partial charge in [0.1, 0.15) is 0 Å². The molecule has 3 nitrogen and oxygen atoms in total. The molecule has 2 aliphatic rings. The molecule has 1 saturated carbocycles. The zero-order valence-electron chi connectivity index (χ0n) is 11.0. The van der Waals surface area contributed by atoms with Crippen LogP contribution in [0.3, 0.4) is 0 Å². The Kier molecular flexibility index (Phi) is 5.26. The van der Waals surface area contributed by atoms with Gasteiger partial charge in [0.05, 0.1) is 0 Å². The zero-order valence-corrected chi connectivity index (χ0v) is 11.0. The molecule has 0 radical (unpaired) electrons. The van der Waals surface area contributed by atoms with E-state index in [0.717, 1.165) is 6.42 Å². The molecular formula is C14H28N2O. The van der Waals surface area contributed by atoms with Gasteiger partial charge < -0.3 is 10.8 Å². The molecule has 0 aromatic rings. The Morgan fingerprint density at radius 2 is 1.76 bits per heavy atom. The van der Waals surface area contributed by atoms with E-state index in [-0.39, 0.29) is 0 Å². The predicted octanol–water partition coefficient (Wildman–Crippen LogP) is 1.88. The number of nitrogens with zero attached hydrogens (tertiary/aromatic N) is 1. The summed E-state index contributed by atoms with van der Waals surface area (Å²) in [6.07, 6.45) is 11.3. The van der Waals surface area contributed by atoms with Crippen LogP contribution >= 0.6 is 0 Å². The quantitative estimate of drug-likeness (QED) is 0.741. The summed E-state index contributed by atoms with van der Waals surface area (Å²) in [5, 5.41) is 9.20. The standard InChI is InChI=1S/C14H28N2O/c15-13-7-2-1-3-8-14(13)16-10-5-4-6-12(16)9-11-17/h12-14,17H,1-11,15H2. The van der Waals surface area contributed by atoms with Crippen molar-refractivity contribution in [2.75, 3.05) is 13.2 Å². The van der Waals surface area contributed by atoms with Crippen molar-refractivity contribution in [3.8, 4) is 0 Å². The summed E-state index contributed by atoms with van der Waals surface area (Å²) in [5.41, 5.74) is 6.36. The van der Waals surface area contributed by atoms with Gasteiger partial charge in [0, 0.05) is 24.7 Å². The van der Waals surface area contributed by atoms with Crippen molar-refractivity contribution in [3.05, 3.63) is 0 Å². The molecule has 3 N–H and O–H groups in total. The van der Waals surface area contributed by atoms with Crippen molar-refractivity contribution in [1.82, 2.24) is 4.90 Å². The van der Waals surface area contributed by atoms with Crippen LogP contribution in [0.4, 0.5) is 0 Å². The molecule has 2 rings (SSSR count). The van der Waals surface area contributed by atoms with Crippen molar-refractivity contribution in [1.29, 1.82) is 0 Å². The highest BCUT2D eigenvalue weighted by molar-refractivity contribution is 4.90. The van der Waals surface area contributed by atoms with Crippen molar-refractivity contribution < 1.29 is 5.11 Å². The molecule has 3 unspecified atom stereocenters. The van der Waals surface area contributed by atoms with Crippen LogP contribution in [0, 0.1) is 0 Å². The molecule has 1 aliphatic heterocycles. The maximum Gasteiger partial charge on any atom is 0.0445 e. The van der Waals surface area contributed by atoms with Crippen LogP contribution in [-0.2, 0) is 0 Å². The average molecular weight is 240 g/mol. The first-order chi connectivity index (χ1) is 8.33. The van der Waals surface area contributed by atoms with Gasteiger partial charge in [-0.2, -0.15) is 0 Å². The van der Waals surface area contributed by atoms with E-state index < -0.39 is 0 Å². The third-order valence-corrected chi connectivity index (χ3v) is 4.59. The fraction of sp³-hybridized carbons (Fsp3) is 1.00.